The predicted octanol–water partition coefficient (Wildman–Crippen LogP) is 4.19. The highest BCUT2D eigenvalue weighted by atomic mass is 16.5. The van der Waals surface area contributed by atoms with E-state index in [-0.39, 0.29) is 12.1 Å². The van der Waals surface area contributed by atoms with Crippen molar-refractivity contribution in [3.8, 4) is 5.75 Å². The first-order valence-corrected chi connectivity index (χ1v) is 10.4. The van der Waals surface area contributed by atoms with E-state index in [9.17, 15) is 0 Å². The van der Waals surface area contributed by atoms with Gasteiger partial charge >= 0.3 is 0 Å². The Labute approximate surface area is 179 Å². The fraction of sp³-hybridized carbons (Fsp3) is 0.167. The van der Waals surface area contributed by atoms with Gasteiger partial charge in [0.05, 0.1) is 5.70 Å². The molecule has 2 atom stereocenters. The van der Waals surface area contributed by atoms with Gasteiger partial charge in [-0.15, -0.1) is 0 Å². The third-order valence-corrected chi connectivity index (χ3v) is 5.93. The Balaban J connectivity index is 1.60. The predicted molar refractivity (Wildman–Crippen MR) is 116 cm³/mol. The van der Waals surface area contributed by atoms with Gasteiger partial charge in [-0.2, -0.15) is 4.68 Å². The van der Waals surface area contributed by atoms with Gasteiger partial charge in [0, 0.05) is 23.5 Å². The maximum absolute atomic E-state index is 6.60. The number of nitrogens with zero attached hydrogens (tertiary/aromatic N) is 5. The molecule has 0 amide bonds. The van der Waals surface area contributed by atoms with Crippen LogP contribution in [0.3, 0.4) is 0 Å². The third-order valence-electron chi connectivity index (χ3n) is 5.93. The quantitative estimate of drug-likeness (QED) is 0.548. The first kappa shape index (κ1) is 17.8. The first-order chi connectivity index (χ1) is 15.3. The second-order valence-corrected chi connectivity index (χ2v) is 7.68. The molecule has 0 radical (unpaired) electrons. The Bertz CT molecular complexity index is 1280. The molecule has 7 nitrogen and oxygen atoms in total. The number of hydrogen-bond acceptors (Lipinski definition) is 6. The van der Waals surface area contributed by atoms with E-state index in [1.54, 1.807) is 10.9 Å². The van der Waals surface area contributed by atoms with E-state index in [2.05, 4.69) is 69.1 Å². The summed E-state index contributed by atoms with van der Waals surface area (Å²) in [6.07, 6.45) is 4.35. The molecule has 6 rings (SSSR count). The van der Waals surface area contributed by atoms with Crippen LogP contribution in [0.4, 0.5) is 5.95 Å². The fourth-order valence-corrected chi connectivity index (χ4v) is 4.40. The van der Waals surface area contributed by atoms with Gasteiger partial charge in [-0.25, -0.2) is 0 Å². The Hall–Kier alpha value is -4.00. The summed E-state index contributed by atoms with van der Waals surface area (Å²) in [7, 11) is 0. The van der Waals surface area contributed by atoms with Crippen LogP contribution in [0.2, 0.25) is 0 Å². The monoisotopic (exact) mass is 408 g/mol. The molecule has 1 N–H and O–H groups in total. The molecule has 0 aliphatic carbocycles. The largest absolute Gasteiger partial charge is 0.480 e. The van der Waals surface area contributed by atoms with Crippen molar-refractivity contribution in [2.45, 2.75) is 25.5 Å². The molecule has 31 heavy (non-hydrogen) atoms. The molecule has 4 aromatic rings. The van der Waals surface area contributed by atoms with Crippen molar-refractivity contribution in [1.29, 1.82) is 0 Å². The van der Waals surface area contributed by atoms with Crippen molar-refractivity contribution in [3.63, 3.8) is 0 Å². The minimum absolute atomic E-state index is 0.237. The summed E-state index contributed by atoms with van der Waals surface area (Å²) in [4.78, 5) is 4.35. The summed E-state index contributed by atoms with van der Waals surface area (Å²) in [5, 5.41) is 15.9. The van der Waals surface area contributed by atoms with Crippen LogP contribution in [0.1, 0.15) is 41.3 Å². The van der Waals surface area contributed by atoms with E-state index in [0.717, 1.165) is 40.1 Å². The smallest absolute Gasteiger partial charge is 0.248 e. The van der Waals surface area contributed by atoms with Crippen LogP contribution < -0.4 is 10.1 Å². The topological polar surface area (TPSA) is 77.8 Å². The highest BCUT2D eigenvalue weighted by Crippen LogP contribution is 2.50. The number of benzene rings is 2. The van der Waals surface area contributed by atoms with Gasteiger partial charge in [0.2, 0.25) is 5.95 Å². The highest BCUT2D eigenvalue weighted by molar-refractivity contribution is 5.85. The number of aryl methyl sites for hydroxylation is 1. The Morgan fingerprint density at radius 2 is 1.87 bits per heavy atom. The van der Waals surface area contributed by atoms with Crippen molar-refractivity contribution >= 4 is 11.6 Å². The van der Waals surface area contributed by atoms with E-state index in [1.807, 2.05) is 30.5 Å². The molecule has 2 aromatic heterocycles. The van der Waals surface area contributed by atoms with Crippen molar-refractivity contribution in [2.75, 3.05) is 5.32 Å². The lowest BCUT2D eigenvalue weighted by molar-refractivity contribution is 0.222. The number of anilines is 1. The summed E-state index contributed by atoms with van der Waals surface area (Å²) in [6.45, 7) is 2.16. The Kier molecular flexibility index (Phi) is 4.06. The zero-order valence-corrected chi connectivity index (χ0v) is 16.9. The molecule has 4 heterocycles. The number of hydrogen-bond donors (Lipinski definition) is 1. The van der Waals surface area contributed by atoms with Gasteiger partial charge in [0.1, 0.15) is 17.9 Å². The van der Waals surface area contributed by atoms with Crippen LogP contribution in [0, 0.1) is 0 Å². The Morgan fingerprint density at radius 3 is 2.68 bits per heavy atom. The van der Waals surface area contributed by atoms with Crippen LogP contribution in [-0.4, -0.2) is 25.2 Å². The van der Waals surface area contributed by atoms with Gasteiger partial charge in [-0.05, 0) is 51.7 Å². The lowest BCUT2D eigenvalue weighted by Crippen LogP contribution is -2.32. The summed E-state index contributed by atoms with van der Waals surface area (Å²) in [5.41, 5.74) is 6.44. The number of pyridine rings is 1. The van der Waals surface area contributed by atoms with Gasteiger partial charge in [-0.3, -0.25) is 4.98 Å². The second kappa shape index (κ2) is 7.05. The molecular weight excluding hydrogens is 388 g/mol. The summed E-state index contributed by atoms with van der Waals surface area (Å²) in [6, 6.07) is 20.5. The minimum Gasteiger partial charge on any atom is -0.480 e. The SMILES string of the molecule is CCc1ccc([C@H]2Oc3ccccc3C3=C2[C@@H](c2cccnc2)n2nnnc2N3)cc1. The first-order valence-electron chi connectivity index (χ1n) is 10.4. The van der Waals surface area contributed by atoms with Crippen LogP contribution >= 0.6 is 0 Å². The van der Waals surface area contributed by atoms with Gasteiger partial charge in [-0.1, -0.05) is 54.5 Å². The number of ether oxygens (including phenoxy) is 1. The number of nitrogens with one attached hydrogen (secondary N) is 1. The average molecular weight is 408 g/mol. The van der Waals surface area contributed by atoms with E-state index in [0.29, 0.717) is 5.95 Å². The van der Waals surface area contributed by atoms with Gasteiger partial charge < -0.3 is 10.1 Å². The number of aromatic nitrogens is 5. The van der Waals surface area contributed by atoms with Crippen LogP contribution in [-0.2, 0) is 6.42 Å². The molecule has 2 aromatic carbocycles. The zero-order chi connectivity index (χ0) is 20.8. The molecule has 0 fully saturated rings. The summed E-state index contributed by atoms with van der Waals surface area (Å²) < 4.78 is 8.41. The standard InChI is InChI=1S/C24H20N6O/c1-2-15-9-11-16(12-10-15)23-20-21(18-7-3-4-8-19(18)31-23)26-24-27-28-29-30(24)22(20)17-6-5-13-25-14-17/h3-14,22-23H,2H2,1H3,(H,26,27,29)/t22-,23-/m1/s1. The Morgan fingerprint density at radius 1 is 1.00 bits per heavy atom. The van der Waals surface area contributed by atoms with Crippen molar-refractivity contribution < 1.29 is 4.74 Å². The van der Waals surface area contributed by atoms with E-state index in [4.69, 9.17) is 4.74 Å². The van der Waals surface area contributed by atoms with E-state index >= 15 is 0 Å². The van der Waals surface area contributed by atoms with Crippen LogP contribution in [0.15, 0.2) is 78.6 Å². The zero-order valence-electron chi connectivity index (χ0n) is 16.9. The number of tetrazole rings is 1. The molecule has 0 bridgehead atoms. The third kappa shape index (κ3) is 2.81. The van der Waals surface area contributed by atoms with E-state index in [1.165, 1.54) is 5.56 Å². The fourth-order valence-electron chi connectivity index (χ4n) is 4.40. The molecular formula is C24H20N6O. The van der Waals surface area contributed by atoms with Crippen LogP contribution in [0.5, 0.6) is 5.75 Å². The maximum atomic E-state index is 6.60. The number of fused-ring (bicyclic) bond motifs is 3. The van der Waals surface area contributed by atoms with E-state index < -0.39 is 0 Å². The normalized spacial score (nSPS) is 19.0. The molecule has 0 saturated heterocycles. The molecule has 152 valence electrons. The minimum atomic E-state index is -0.286. The van der Waals surface area contributed by atoms with Crippen molar-refractivity contribution in [1.82, 2.24) is 25.2 Å². The van der Waals surface area contributed by atoms with Gasteiger partial charge in [0.25, 0.3) is 0 Å². The average Bonchev–Trinajstić information content (AvgIpc) is 3.31. The molecule has 2 aliphatic heterocycles. The number of rotatable bonds is 3. The van der Waals surface area contributed by atoms with Gasteiger partial charge in [0.15, 0.2) is 0 Å². The lowest BCUT2D eigenvalue weighted by atomic mass is 9.85. The number of para-hydroxylation sites is 1. The second-order valence-electron chi connectivity index (χ2n) is 7.68. The highest BCUT2D eigenvalue weighted by Gasteiger charge is 2.41. The maximum Gasteiger partial charge on any atom is 0.248 e. The molecule has 0 saturated carbocycles. The molecule has 7 heteroatoms. The molecule has 0 spiro atoms. The van der Waals surface area contributed by atoms with Crippen LogP contribution in [0.25, 0.3) is 5.70 Å². The molecule has 2 aliphatic rings. The summed E-state index contributed by atoms with van der Waals surface area (Å²) in [5.74, 6) is 1.44. The lowest BCUT2D eigenvalue weighted by Gasteiger charge is -2.38. The summed E-state index contributed by atoms with van der Waals surface area (Å²) >= 11 is 0. The van der Waals surface area contributed by atoms with Crippen molar-refractivity contribution in [3.05, 3.63) is 101 Å². The molecule has 0 unspecified atom stereocenters. The van der Waals surface area contributed by atoms with Crippen molar-refractivity contribution in [2.24, 2.45) is 0 Å².